The fourth-order valence-corrected chi connectivity index (χ4v) is 5.06. The van der Waals surface area contributed by atoms with Crippen molar-refractivity contribution in [2.24, 2.45) is 11.8 Å². The van der Waals surface area contributed by atoms with Crippen LogP contribution in [0.15, 0.2) is 60.7 Å². The van der Waals surface area contributed by atoms with Crippen LogP contribution in [0.5, 0.6) is 0 Å². The number of likely N-dealkylation sites (tertiary alicyclic amines) is 2. The third-order valence-electron chi connectivity index (χ3n) is 6.81. The molecule has 2 fully saturated rings. The van der Waals surface area contributed by atoms with Crippen LogP contribution in [0.4, 0.5) is 0 Å². The van der Waals surface area contributed by atoms with Crippen molar-refractivity contribution < 1.29 is 9.59 Å². The molecule has 0 saturated carbocycles. The number of piperidine rings is 2. The monoisotopic (exact) mass is 404 g/mol. The maximum absolute atomic E-state index is 13.4. The first kappa shape index (κ1) is 20.6. The molecule has 2 atom stereocenters. The van der Waals surface area contributed by atoms with Crippen molar-refractivity contribution in [3.63, 3.8) is 0 Å². The summed E-state index contributed by atoms with van der Waals surface area (Å²) in [6, 6.07) is 21.0. The summed E-state index contributed by atoms with van der Waals surface area (Å²) in [6.45, 7) is 4.56. The van der Waals surface area contributed by atoms with Gasteiger partial charge in [0.25, 0.3) is 0 Å². The van der Waals surface area contributed by atoms with Gasteiger partial charge in [-0.05, 0) is 42.7 Å². The zero-order valence-corrected chi connectivity index (χ0v) is 17.9. The minimum Gasteiger partial charge on any atom is -0.342 e. The Morgan fingerprint density at radius 3 is 2.13 bits per heavy atom. The summed E-state index contributed by atoms with van der Waals surface area (Å²) in [7, 11) is 0. The highest BCUT2D eigenvalue weighted by molar-refractivity contribution is 5.81. The average molecular weight is 405 g/mol. The van der Waals surface area contributed by atoms with Crippen LogP contribution >= 0.6 is 0 Å². The first-order valence-corrected chi connectivity index (χ1v) is 11.2. The summed E-state index contributed by atoms with van der Waals surface area (Å²) in [6.07, 6.45) is 4.05. The van der Waals surface area contributed by atoms with Crippen molar-refractivity contribution >= 4 is 11.8 Å². The lowest BCUT2D eigenvalue weighted by atomic mass is 9.83. The standard InChI is InChI=1S/C26H32N2O2/c1-20(29)28-18-24(23-10-6-3-7-11-23)17-25(19-28)26(30)27-14-12-22(13-15-27)16-21-8-4-2-5-9-21/h2-11,22,24-25H,12-19H2,1H3. The van der Waals surface area contributed by atoms with Gasteiger partial charge in [0.1, 0.15) is 0 Å². The molecule has 4 heteroatoms. The smallest absolute Gasteiger partial charge is 0.227 e. The fourth-order valence-electron chi connectivity index (χ4n) is 5.06. The molecule has 2 aliphatic rings. The second-order valence-corrected chi connectivity index (χ2v) is 8.92. The van der Waals surface area contributed by atoms with Gasteiger partial charge in [-0.15, -0.1) is 0 Å². The van der Waals surface area contributed by atoms with Crippen LogP contribution in [-0.4, -0.2) is 47.8 Å². The molecule has 2 amide bonds. The molecular formula is C26H32N2O2. The van der Waals surface area contributed by atoms with Crippen LogP contribution in [-0.2, 0) is 16.0 Å². The van der Waals surface area contributed by atoms with Crippen LogP contribution in [0, 0.1) is 11.8 Å². The van der Waals surface area contributed by atoms with Gasteiger partial charge in [-0.3, -0.25) is 9.59 Å². The predicted molar refractivity (Wildman–Crippen MR) is 119 cm³/mol. The minimum atomic E-state index is -0.0986. The fraction of sp³-hybridized carbons (Fsp3) is 0.462. The first-order chi connectivity index (χ1) is 14.6. The molecule has 2 unspecified atom stereocenters. The van der Waals surface area contributed by atoms with Crippen molar-refractivity contribution in [1.82, 2.24) is 9.80 Å². The topological polar surface area (TPSA) is 40.6 Å². The molecule has 0 spiro atoms. The van der Waals surface area contributed by atoms with Gasteiger partial charge in [0.05, 0.1) is 5.92 Å². The minimum absolute atomic E-state index is 0.0648. The van der Waals surface area contributed by atoms with Crippen molar-refractivity contribution in [2.75, 3.05) is 26.2 Å². The Hall–Kier alpha value is -2.62. The van der Waals surface area contributed by atoms with Gasteiger partial charge >= 0.3 is 0 Å². The summed E-state index contributed by atoms with van der Waals surface area (Å²) in [5.74, 6) is 1.08. The Labute approximate surface area is 179 Å². The lowest BCUT2D eigenvalue weighted by Crippen LogP contribution is -2.50. The summed E-state index contributed by atoms with van der Waals surface area (Å²) in [5.41, 5.74) is 2.61. The van der Waals surface area contributed by atoms with Gasteiger partial charge in [0.15, 0.2) is 0 Å². The number of carbonyl (C=O) groups is 2. The van der Waals surface area contributed by atoms with Crippen LogP contribution in [0.1, 0.15) is 43.2 Å². The molecule has 2 saturated heterocycles. The van der Waals surface area contributed by atoms with E-state index in [4.69, 9.17) is 0 Å². The third kappa shape index (κ3) is 4.92. The summed E-state index contributed by atoms with van der Waals surface area (Å²) < 4.78 is 0. The number of benzene rings is 2. The van der Waals surface area contributed by atoms with Gasteiger partial charge in [-0.1, -0.05) is 60.7 Å². The molecule has 4 rings (SSSR count). The molecule has 2 aromatic carbocycles. The van der Waals surface area contributed by atoms with E-state index in [0.717, 1.165) is 38.8 Å². The second kappa shape index (κ2) is 9.46. The van der Waals surface area contributed by atoms with E-state index in [-0.39, 0.29) is 23.7 Å². The number of hydrogen-bond acceptors (Lipinski definition) is 2. The van der Waals surface area contributed by atoms with Crippen LogP contribution in [0.25, 0.3) is 0 Å². The zero-order valence-electron chi connectivity index (χ0n) is 17.9. The summed E-state index contributed by atoms with van der Waals surface area (Å²) in [4.78, 5) is 29.4. The Balaban J connectivity index is 1.37. The quantitative estimate of drug-likeness (QED) is 0.769. The number of rotatable bonds is 4. The molecule has 2 aliphatic heterocycles. The highest BCUT2D eigenvalue weighted by Crippen LogP contribution is 2.32. The molecule has 0 aromatic heterocycles. The Kier molecular flexibility index (Phi) is 6.51. The number of nitrogens with zero attached hydrogens (tertiary/aromatic N) is 2. The van der Waals surface area contributed by atoms with E-state index in [0.29, 0.717) is 19.0 Å². The molecule has 158 valence electrons. The number of amides is 2. The lowest BCUT2D eigenvalue weighted by molar-refractivity contribution is -0.141. The third-order valence-corrected chi connectivity index (χ3v) is 6.81. The van der Waals surface area contributed by atoms with Crippen LogP contribution < -0.4 is 0 Å². The Morgan fingerprint density at radius 1 is 0.867 bits per heavy atom. The van der Waals surface area contributed by atoms with E-state index < -0.39 is 0 Å². The highest BCUT2D eigenvalue weighted by atomic mass is 16.2. The van der Waals surface area contributed by atoms with Gasteiger partial charge < -0.3 is 9.80 Å². The SMILES string of the molecule is CC(=O)N1CC(C(=O)N2CCC(Cc3ccccc3)CC2)CC(c2ccccc2)C1. The van der Waals surface area contributed by atoms with Crippen molar-refractivity contribution in [1.29, 1.82) is 0 Å². The summed E-state index contributed by atoms with van der Waals surface area (Å²) >= 11 is 0. The normalized spacial score (nSPS) is 22.7. The second-order valence-electron chi connectivity index (χ2n) is 8.92. The van der Waals surface area contributed by atoms with E-state index in [1.165, 1.54) is 11.1 Å². The zero-order chi connectivity index (χ0) is 20.9. The average Bonchev–Trinajstić information content (AvgIpc) is 2.80. The van der Waals surface area contributed by atoms with Crippen LogP contribution in [0.2, 0.25) is 0 Å². The summed E-state index contributed by atoms with van der Waals surface area (Å²) in [5, 5.41) is 0. The Morgan fingerprint density at radius 2 is 1.50 bits per heavy atom. The molecule has 0 aliphatic carbocycles. The van der Waals surface area contributed by atoms with Gasteiger partial charge in [-0.25, -0.2) is 0 Å². The molecular weight excluding hydrogens is 372 g/mol. The largest absolute Gasteiger partial charge is 0.342 e. The van der Waals surface area contributed by atoms with Crippen molar-refractivity contribution in [2.45, 2.75) is 38.5 Å². The molecule has 30 heavy (non-hydrogen) atoms. The number of hydrogen-bond donors (Lipinski definition) is 0. The molecule has 4 nitrogen and oxygen atoms in total. The maximum atomic E-state index is 13.4. The predicted octanol–water partition coefficient (Wildman–Crippen LogP) is 4.12. The molecule has 0 bridgehead atoms. The molecule has 0 N–H and O–H groups in total. The van der Waals surface area contributed by atoms with Gasteiger partial charge in [-0.2, -0.15) is 0 Å². The molecule has 2 heterocycles. The van der Waals surface area contributed by atoms with Crippen molar-refractivity contribution in [3.05, 3.63) is 71.8 Å². The highest BCUT2D eigenvalue weighted by Gasteiger charge is 2.36. The van der Waals surface area contributed by atoms with E-state index >= 15 is 0 Å². The van der Waals surface area contributed by atoms with Gasteiger partial charge in [0.2, 0.25) is 11.8 Å². The van der Waals surface area contributed by atoms with E-state index in [1.54, 1.807) is 6.92 Å². The molecule has 2 aromatic rings. The lowest BCUT2D eigenvalue weighted by Gasteiger charge is -2.40. The van der Waals surface area contributed by atoms with Gasteiger partial charge in [0, 0.05) is 39.0 Å². The number of carbonyl (C=O) groups excluding carboxylic acids is 2. The van der Waals surface area contributed by atoms with Crippen molar-refractivity contribution in [3.8, 4) is 0 Å². The van der Waals surface area contributed by atoms with Crippen LogP contribution in [0.3, 0.4) is 0 Å². The Bertz CT molecular complexity index is 844. The van der Waals surface area contributed by atoms with E-state index in [9.17, 15) is 9.59 Å². The first-order valence-electron chi connectivity index (χ1n) is 11.2. The van der Waals surface area contributed by atoms with E-state index in [1.807, 2.05) is 23.1 Å². The molecule has 0 radical (unpaired) electrons. The maximum Gasteiger partial charge on any atom is 0.227 e. The van der Waals surface area contributed by atoms with E-state index in [2.05, 4.69) is 47.4 Å².